The highest BCUT2D eigenvalue weighted by Crippen LogP contribution is 2.36. The molecule has 1 aliphatic rings. The Bertz CT molecular complexity index is 178. The molecule has 2 atom stereocenters. The van der Waals surface area contributed by atoms with Gasteiger partial charge < -0.3 is 5.11 Å². The largest absolute Gasteiger partial charge is 0.391 e. The number of hydrogen-bond acceptors (Lipinski definition) is 3. The second-order valence-corrected chi connectivity index (χ2v) is 3.75. The number of hydroxylamine groups is 1. The van der Waals surface area contributed by atoms with Crippen LogP contribution in [0.15, 0.2) is 0 Å². The van der Waals surface area contributed by atoms with E-state index in [1.54, 1.807) is 6.92 Å². The van der Waals surface area contributed by atoms with Gasteiger partial charge in [-0.25, -0.2) is 5.48 Å². The van der Waals surface area contributed by atoms with Crippen LogP contribution in [0.1, 0.15) is 26.7 Å². The molecule has 2 N–H and O–H groups in total. The summed E-state index contributed by atoms with van der Waals surface area (Å²) in [6, 6.07) is 0. The molecule has 1 saturated carbocycles. The van der Waals surface area contributed by atoms with Crippen molar-refractivity contribution < 1.29 is 14.7 Å². The second kappa shape index (κ2) is 4.58. The molecule has 2 unspecified atom stereocenters. The number of carbonyl (C=O) groups excluding carboxylic acids is 1. The van der Waals surface area contributed by atoms with Gasteiger partial charge in [-0.15, -0.1) is 0 Å². The van der Waals surface area contributed by atoms with Crippen LogP contribution in [0.3, 0.4) is 0 Å². The molecular formula is C9H17NO3. The molecular weight excluding hydrogens is 170 g/mol. The van der Waals surface area contributed by atoms with Gasteiger partial charge >= 0.3 is 0 Å². The Kier molecular flexibility index (Phi) is 3.69. The highest BCUT2D eigenvalue weighted by atomic mass is 16.7. The van der Waals surface area contributed by atoms with Crippen LogP contribution >= 0.6 is 0 Å². The summed E-state index contributed by atoms with van der Waals surface area (Å²) < 4.78 is 0. The van der Waals surface area contributed by atoms with Gasteiger partial charge in [0.2, 0.25) is 5.91 Å². The van der Waals surface area contributed by atoms with Crippen molar-refractivity contribution in [2.24, 2.45) is 11.8 Å². The van der Waals surface area contributed by atoms with Gasteiger partial charge in [-0.2, -0.15) is 0 Å². The van der Waals surface area contributed by atoms with Gasteiger partial charge in [0.05, 0.1) is 6.10 Å². The Hall–Kier alpha value is -0.610. The lowest BCUT2D eigenvalue weighted by Gasteiger charge is -2.11. The lowest BCUT2D eigenvalue weighted by molar-refractivity contribution is -0.139. The normalized spacial score (nSPS) is 20.8. The monoisotopic (exact) mass is 187 g/mol. The Balaban J connectivity index is 2.09. The highest BCUT2D eigenvalue weighted by molar-refractivity contribution is 5.77. The molecule has 0 aliphatic heterocycles. The van der Waals surface area contributed by atoms with Gasteiger partial charge in [0.15, 0.2) is 0 Å². The van der Waals surface area contributed by atoms with E-state index in [0.29, 0.717) is 5.92 Å². The van der Waals surface area contributed by atoms with Gasteiger partial charge in [-0.1, -0.05) is 6.92 Å². The fourth-order valence-corrected chi connectivity index (χ4v) is 1.14. The minimum atomic E-state index is -0.545. The van der Waals surface area contributed by atoms with Gasteiger partial charge in [0.1, 0.15) is 6.61 Å². The van der Waals surface area contributed by atoms with E-state index >= 15 is 0 Å². The van der Waals surface area contributed by atoms with E-state index in [4.69, 9.17) is 9.94 Å². The molecule has 0 aromatic carbocycles. The second-order valence-electron chi connectivity index (χ2n) is 3.75. The van der Waals surface area contributed by atoms with E-state index in [2.05, 4.69) is 5.48 Å². The van der Waals surface area contributed by atoms with Crippen molar-refractivity contribution in [1.29, 1.82) is 0 Å². The predicted molar refractivity (Wildman–Crippen MR) is 47.7 cm³/mol. The summed E-state index contributed by atoms with van der Waals surface area (Å²) in [5.74, 6) is 0.493. The zero-order valence-electron chi connectivity index (χ0n) is 8.12. The third kappa shape index (κ3) is 3.74. The van der Waals surface area contributed by atoms with Crippen LogP contribution in [-0.2, 0) is 9.63 Å². The quantitative estimate of drug-likeness (QED) is 0.615. The van der Waals surface area contributed by atoms with Crippen LogP contribution < -0.4 is 5.48 Å². The molecule has 0 bridgehead atoms. The molecule has 4 heteroatoms. The van der Waals surface area contributed by atoms with Crippen LogP contribution in [-0.4, -0.2) is 23.7 Å². The zero-order valence-corrected chi connectivity index (χ0v) is 8.12. The van der Waals surface area contributed by atoms with Crippen LogP contribution in [0.5, 0.6) is 0 Å². The molecule has 4 nitrogen and oxygen atoms in total. The van der Waals surface area contributed by atoms with E-state index < -0.39 is 6.10 Å². The van der Waals surface area contributed by atoms with Crippen LogP contribution in [0.2, 0.25) is 0 Å². The van der Waals surface area contributed by atoms with Crippen molar-refractivity contribution in [2.45, 2.75) is 32.8 Å². The van der Waals surface area contributed by atoms with Crippen molar-refractivity contribution >= 4 is 5.91 Å². The van der Waals surface area contributed by atoms with Crippen LogP contribution in [0, 0.1) is 11.8 Å². The molecule has 1 amide bonds. The van der Waals surface area contributed by atoms with Crippen LogP contribution in [0.25, 0.3) is 0 Å². The minimum Gasteiger partial charge on any atom is -0.391 e. The van der Waals surface area contributed by atoms with Crippen LogP contribution in [0.4, 0.5) is 0 Å². The molecule has 0 heterocycles. The Morgan fingerprint density at radius 3 is 2.69 bits per heavy atom. The number of aliphatic hydroxyl groups excluding tert-OH is 1. The van der Waals surface area contributed by atoms with E-state index in [9.17, 15) is 4.79 Å². The average Bonchev–Trinajstić information content (AvgIpc) is 2.84. The highest BCUT2D eigenvalue weighted by Gasteiger charge is 2.32. The lowest BCUT2D eigenvalue weighted by atomic mass is 10.1. The van der Waals surface area contributed by atoms with Gasteiger partial charge in [0.25, 0.3) is 0 Å². The van der Waals surface area contributed by atoms with E-state index in [0.717, 1.165) is 12.8 Å². The lowest BCUT2D eigenvalue weighted by Crippen LogP contribution is -2.32. The maximum Gasteiger partial charge on any atom is 0.246 e. The number of aliphatic hydroxyl groups is 1. The van der Waals surface area contributed by atoms with Gasteiger partial charge in [-0.05, 0) is 25.7 Å². The molecule has 1 aliphatic carbocycles. The Morgan fingerprint density at radius 2 is 2.23 bits per heavy atom. The third-order valence-electron chi connectivity index (χ3n) is 2.24. The summed E-state index contributed by atoms with van der Waals surface area (Å²) in [5.41, 5.74) is 2.34. The summed E-state index contributed by atoms with van der Waals surface area (Å²) in [6.45, 7) is 3.65. The fourth-order valence-electron chi connectivity index (χ4n) is 1.14. The zero-order chi connectivity index (χ0) is 9.84. The van der Waals surface area contributed by atoms with E-state index in [1.165, 1.54) is 0 Å². The van der Waals surface area contributed by atoms with Crippen molar-refractivity contribution in [3.63, 3.8) is 0 Å². The molecule has 0 saturated heterocycles. The number of carbonyl (C=O) groups is 1. The summed E-state index contributed by atoms with van der Waals surface area (Å²) >= 11 is 0. The number of amides is 1. The predicted octanol–water partition coefficient (Wildman–Crippen LogP) is 0.461. The molecule has 76 valence electrons. The summed E-state index contributed by atoms with van der Waals surface area (Å²) in [4.78, 5) is 16.1. The fraction of sp³-hybridized carbons (Fsp3) is 0.889. The summed E-state index contributed by atoms with van der Waals surface area (Å²) in [6.07, 6.45) is 1.74. The summed E-state index contributed by atoms with van der Waals surface area (Å²) in [5, 5.41) is 8.85. The van der Waals surface area contributed by atoms with E-state index in [1.807, 2.05) is 6.92 Å². The molecule has 0 aromatic heterocycles. The van der Waals surface area contributed by atoms with Gasteiger partial charge in [0, 0.05) is 5.92 Å². The minimum absolute atomic E-state index is 0.0361. The van der Waals surface area contributed by atoms with Crippen molar-refractivity contribution in [2.75, 3.05) is 6.61 Å². The SMILES string of the molecule is CC(O)CONC(=O)C(C)C1CC1. The summed E-state index contributed by atoms with van der Waals surface area (Å²) in [7, 11) is 0. The van der Waals surface area contributed by atoms with Crippen molar-refractivity contribution in [1.82, 2.24) is 5.48 Å². The van der Waals surface area contributed by atoms with Crippen molar-refractivity contribution in [3.8, 4) is 0 Å². The van der Waals surface area contributed by atoms with Crippen molar-refractivity contribution in [3.05, 3.63) is 0 Å². The molecule has 1 fully saturated rings. The molecule has 0 spiro atoms. The molecule has 13 heavy (non-hydrogen) atoms. The average molecular weight is 187 g/mol. The number of rotatable bonds is 5. The molecule has 0 aromatic rings. The standard InChI is InChI=1S/C9H17NO3/c1-6(11)5-13-10-9(12)7(2)8-3-4-8/h6-8,11H,3-5H2,1-2H3,(H,10,12). The smallest absolute Gasteiger partial charge is 0.246 e. The molecule has 1 rings (SSSR count). The maximum atomic E-state index is 11.3. The first kappa shape index (κ1) is 10.5. The first-order valence-corrected chi connectivity index (χ1v) is 4.71. The Morgan fingerprint density at radius 1 is 1.62 bits per heavy atom. The third-order valence-corrected chi connectivity index (χ3v) is 2.24. The van der Waals surface area contributed by atoms with E-state index in [-0.39, 0.29) is 18.4 Å². The Labute approximate surface area is 78.2 Å². The molecule has 0 radical (unpaired) electrons. The maximum absolute atomic E-state index is 11.3. The first-order chi connectivity index (χ1) is 6.11. The first-order valence-electron chi connectivity index (χ1n) is 4.71. The van der Waals surface area contributed by atoms with Gasteiger partial charge in [-0.3, -0.25) is 9.63 Å². The topological polar surface area (TPSA) is 58.6 Å². The number of nitrogens with one attached hydrogen (secondary N) is 1. The number of hydrogen-bond donors (Lipinski definition) is 2.